The predicted molar refractivity (Wildman–Crippen MR) is 79.0 cm³/mol. The molecule has 0 saturated heterocycles. The van der Waals surface area contributed by atoms with Crippen LogP contribution in [-0.4, -0.2) is 9.78 Å². The van der Waals surface area contributed by atoms with Gasteiger partial charge in [0, 0.05) is 5.02 Å². The van der Waals surface area contributed by atoms with E-state index in [1.807, 2.05) is 24.3 Å². The number of anilines is 1. The highest BCUT2D eigenvalue weighted by atomic mass is 79.9. The number of nitrogen functional groups attached to an aromatic ring is 1. The summed E-state index contributed by atoms with van der Waals surface area (Å²) in [6.45, 7) is 4.81. The van der Waals surface area contributed by atoms with Crippen LogP contribution in [0.3, 0.4) is 0 Å². The first-order valence-electron chi connectivity index (χ1n) is 5.75. The molecule has 0 saturated carbocycles. The number of rotatable bonds is 3. The van der Waals surface area contributed by atoms with Crippen molar-refractivity contribution in [2.24, 2.45) is 0 Å². The molecule has 1 aromatic carbocycles. The van der Waals surface area contributed by atoms with Crippen LogP contribution in [-0.2, 0) is 6.54 Å². The largest absolute Gasteiger partial charge is 0.383 e. The van der Waals surface area contributed by atoms with E-state index in [0.29, 0.717) is 18.3 Å². The van der Waals surface area contributed by atoms with E-state index in [1.54, 1.807) is 4.68 Å². The van der Waals surface area contributed by atoms with Gasteiger partial charge in [0.2, 0.25) is 0 Å². The normalized spacial score (nSPS) is 11.2. The van der Waals surface area contributed by atoms with Crippen molar-refractivity contribution >= 4 is 33.3 Å². The lowest BCUT2D eigenvalue weighted by atomic mass is 10.1. The minimum absolute atomic E-state index is 0.335. The van der Waals surface area contributed by atoms with Crippen LogP contribution in [0.15, 0.2) is 28.7 Å². The summed E-state index contributed by atoms with van der Waals surface area (Å²) >= 11 is 9.46. The Labute approximate surface area is 120 Å². The third-order valence-corrected chi connectivity index (χ3v) is 3.77. The fourth-order valence-electron chi connectivity index (χ4n) is 1.77. The summed E-state index contributed by atoms with van der Waals surface area (Å²) in [4.78, 5) is 0. The molecule has 2 N–H and O–H groups in total. The molecule has 1 aromatic heterocycles. The number of benzene rings is 1. The Kier molecular flexibility index (Phi) is 3.97. The summed E-state index contributed by atoms with van der Waals surface area (Å²) in [6, 6.07) is 7.71. The first kappa shape index (κ1) is 13.4. The third-order valence-electron chi connectivity index (χ3n) is 2.72. The molecule has 0 aliphatic rings. The molecule has 1 heterocycles. The van der Waals surface area contributed by atoms with Crippen molar-refractivity contribution in [3.05, 3.63) is 45.0 Å². The van der Waals surface area contributed by atoms with E-state index in [1.165, 1.54) is 0 Å². The van der Waals surface area contributed by atoms with Crippen molar-refractivity contribution < 1.29 is 0 Å². The second kappa shape index (κ2) is 5.33. The summed E-state index contributed by atoms with van der Waals surface area (Å²) in [5.74, 6) is 0.987. The van der Waals surface area contributed by atoms with Crippen LogP contribution in [0, 0.1) is 0 Å². The number of aromatic nitrogens is 2. The fraction of sp³-hybridized carbons (Fsp3) is 0.308. The summed E-state index contributed by atoms with van der Waals surface area (Å²) in [7, 11) is 0. The van der Waals surface area contributed by atoms with Crippen LogP contribution in [0.25, 0.3) is 0 Å². The molecule has 0 amide bonds. The fourth-order valence-corrected chi connectivity index (χ4v) is 2.72. The maximum atomic E-state index is 6.05. The second-order valence-corrected chi connectivity index (χ2v) is 5.76. The van der Waals surface area contributed by atoms with E-state index in [9.17, 15) is 0 Å². The van der Waals surface area contributed by atoms with Gasteiger partial charge >= 0.3 is 0 Å². The zero-order chi connectivity index (χ0) is 13.3. The molecule has 0 unspecified atom stereocenters. The quantitative estimate of drug-likeness (QED) is 0.923. The van der Waals surface area contributed by atoms with Gasteiger partial charge in [-0.15, -0.1) is 0 Å². The lowest BCUT2D eigenvalue weighted by Crippen LogP contribution is -2.06. The van der Waals surface area contributed by atoms with Crippen molar-refractivity contribution in [3.8, 4) is 0 Å². The molecule has 0 radical (unpaired) electrons. The van der Waals surface area contributed by atoms with Crippen molar-refractivity contribution in [2.75, 3.05) is 5.73 Å². The van der Waals surface area contributed by atoms with E-state index in [-0.39, 0.29) is 0 Å². The van der Waals surface area contributed by atoms with Gasteiger partial charge in [-0.1, -0.05) is 37.6 Å². The van der Waals surface area contributed by atoms with Crippen LogP contribution in [0.1, 0.15) is 31.0 Å². The molecule has 5 heteroatoms. The molecule has 0 spiro atoms. The van der Waals surface area contributed by atoms with Crippen molar-refractivity contribution in [1.29, 1.82) is 0 Å². The van der Waals surface area contributed by atoms with Crippen LogP contribution in [0.2, 0.25) is 5.02 Å². The molecule has 2 aromatic rings. The van der Waals surface area contributed by atoms with E-state index in [0.717, 1.165) is 20.8 Å². The Morgan fingerprint density at radius 1 is 1.44 bits per heavy atom. The molecule has 0 fully saturated rings. The van der Waals surface area contributed by atoms with Gasteiger partial charge in [0.05, 0.1) is 16.7 Å². The molecular weight excluding hydrogens is 314 g/mol. The molecule has 96 valence electrons. The molecule has 3 nitrogen and oxygen atoms in total. The van der Waals surface area contributed by atoms with E-state index in [4.69, 9.17) is 17.3 Å². The lowest BCUT2D eigenvalue weighted by molar-refractivity contribution is 0.664. The van der Waals surface area contributed by atoms with Crippen molar-refractivity contribution in [1.82, 2.24) is 9.78 Å². The highest BCUT2D eigenvalue weighted by molar-refractivity contribution is 9.10. The maximum Gasteiger partial charge on any atom is 0.136 e. The molecule has 0 atom stereocenters. The Balaban J connectivity index is 2.32. The summed E-state index contributed by atoms with van der Waals surface area (Å²) in [5, 5.41) is 5.26. The molecule has 0 aliphatic carbocycles. The molecule has 2 rings (SSSR count). The van der Waals surface area contributed by atoms with Gasteiger partial charge in [-0.25, -0.2) is 4.68 Å². The standard InChI is InChI=1S/C13H15BrClN3/c1-8(2)12-11(14)13(16)18(17-12)7-9-4-3-5-10(15)6-9/h3-6,8H,7,16H2,1-2H3. The van der Waals surface area contributed by atoms with Gasteiger partial charge in [-0.3, -0.25) is 0 Å². The Hall–Kier alpha value is -1.00. The van der Waals surface area contributed by atoms with Gasteiger partial charge in [-0.05, 0) is 39.5 Å². The average molecular weight is 329 g/mol. The van der Waals surface area contributed by atoms with Gasteiger partial charge in [0.1, 0.15) is 5.82 Å². The number of hydrogen-bond acceptors (Lipinski definition) is 2. The Morgan fingerprint density at radius 2 is 2.17 bits per heavy atom. The summed E-state index contributed by atoms with van der Waals surface area (Å²) in [6.07, 6.45) is 0. The van der Waals surface area contributed by atoms with Crippen LogP contribution in [0.4, 0.5) is 5.82 Å². The number of nitrogens with two attached hydrogens (primary N) is 1. The average Bonchev–Trinajstić information content (AvgIpc) is 2.58. The molecule has 18 heavy (non-hydrogen) atoms. The first-order valence-corrected chi connectivity index (χ1v) is 6.92. The minimum atomic E-state index is 0.335. The third kappa shape index (κ3) is 2.70. The number of hydrogen-bond donors (Lipinski definition) is 1. The van der Waals surface area contributed by atoms with Gasteiger partial charge in [0.25, 0.3) is 0 Å². The summed E-state index contributed by atoms with van der Waals surface area (Å²) in [5.41, 5.74) is 8.11. The van der Waals surface area contributed by atoms with Crippen LogP contribution < -0.4 is 5.73 Å². The van der Waals surface area contributed by atoms with E-state index < -0.39 is 0 Å². The van der Waals surface area contributed by atoms with Crippen molar-refractivity contribution in [3.63, 3.8) is 0 Å². The van der Waals surface area contributed by atoms with Gasteiger partial charge in [0.15, 0.2) is 0 Å². The molecule has 0 aliphatic heterocycles. The Morgan fingerprint density at radius 3 is 2.72 bits per heavy atom. The highest BCUT2D eigenvalue weighted by Gasteiger charge is 2.15. The second-order valence-electron chi connectivity index (χ2n) is 4.53. The van der Waals surface area contributed by atoms with Crippen LogP contribution in [0.5, 0.6) is 0 Å². The van der Waals surface area contributed by atoms with E-state index in [2.05, 4.69) is 34.9 Å². The molecule has 0 bridgehead atoms. The van der Waals surface area contributed by atoms with E-state index >= 15 is 0 Å². The zero-order valence-electron chi connectivity index (χ0n) is 10.3. The Bertz CT molecular complexity index is 563. The highest BCUT2D eigenvalue weighted by Crippen LogP contribution is 2.29. The lowest BCUT2D eigenvalue weighted by Gasteiger charge is -2.04. The molecular formula is C13H15BrClN3. The number of halogens is 2. The smallest absolute Gasteiger partial charge is 0.136 e. The minimum Gasteiger partial charge on any atom is -0.383 e. The zero-order valence-corrected chi connectivity index (χ0v) is 12.7. The van der Waals surface area contributed by atoms with Gasteiger partial charge < -0.3 is 5.73 Å². The topological polar surface area (TPSA) is 43.8 Å². The number of nitrogens with zero attached hydrogens (tertiary/aromatic N) is 2. The van der Waals surface area contributed by atoms with Gasteiger partial charge in [-0.2, -0.15) is 5.10 Å². The first-order chi connectivity index (χ1) is 8.49. The SMILES string of the molecule is CC(C)c1nn(Cc2cccc(Cl)c2)c(N)c1Br. The maximum absolute atomic E-state index is 6.05. The summed E-state index contributed by atoms with van der Waals surface area (Å²) < 4.78 is 2.69. The van der Waals surface area contributed by atoms with Crippen molar-refractivity contribution in [2.45, 2.75) is 26.3 Å². The monoisotopic (exact) mass is 327 g/mol. The van der Waals surface area contributed by atoms with Crippen LogP contribution >= 0.6 is 27.5 Å². The predicted octanol–water partition coefficient (Wildman–Crippen LogP) is 4.05.